The minimum absolute atomic E-state index is 0.00362. The summed E-state index contributed by atoms with van der Waals surface area (Å²) in [5.74, 6) is 2.12. The van der Waals surface area contributed by atoms with Crippen LogP contribution in [0.25, 0.3) is 10.9 Å². The molecule has 2 aromatic heterocycles. The maximum absolute atomic E-state index is 13.4. The predicted octanol–water partition coefficient (Wildman–Crippen LogP) is 5.85. The standard InChI is InChI=1S/C24H23ClFN5/c1-6-20(17-7-8-21(26)30-14(17)2)31-16-9-18-22(29-13-24(3,4)5)15(11-27)12-28-23(18)19(25)10-16/h1,7-10,12,20,31H,13H2,2-5H3,(H,28,29)/t20-/m1/s1. The van der Waals surface area contributed by atoms with Crippen molar-refractivity contribution in [2.75, 3.05) is 17.2 Å². The quantitative estimate of drug-likeness (QED) is 0.388. The van der Waals surface area contributed by atoms with E-state index in [1.165, 1.54) is 12.3 Å². The van der Waals surface area contributed by atoms with Crippen molar-refractivity contribution in [3.05, 3.63) is 58.3 Å². The molecule has 0 aliphatic rings. The van der Waals surface area contributed by atoms with Gasteiger partial charge in [0.25, 0.3) is 0 Å². The zero-order valence-electron chi connectivity index (χ0n) is 17.8. The maximum Gasteiger partial charge on any atom is 0.213 e. The number of nitrogens with one attached hydrogen (secondary N) is 2. The van der Waals surface area contributed by atoms with Crippen molar-refractivity contribution >= 4 is 33.9 Å². The largest absolute Gasteiger partial charge is 0.383 e. The van der Waals surface area contributed by atoms with Gasteiger partial charge in [-0.05, 0) is 36.6 Å². The number of anilines is 2. The Morgan fingerprint density at radius 3 is 2.65 bits per heavy atom. The van der Waals surface area contributed by atoms with E-state index in [2.05, 4.69) is 53.4 Å². The molecule has 0 amide bonds. The van der Waals surface area contributed by atoms with Gasteiger partial charge in [0.2, 0.25) is 5.95 Å². The summed E-state index contributed by atoms with van der Waals surface area (Å²) in [6.45, 7) is 8.67. The highest BCUT2D eigenvalue weighted by Gasteiger charge is 2.18. The Hall–Kier alpha value is -3.35. The van der Waals surface area contributed by atoms with Crippen LogP contribution in [0.4, 0.5) is 15.8 Å². The summed E-state index contributed by atoms with van der Waals surface area (Å²) in [5, 5.41) is 17.4. The molecule has 0 aliphatic carbocycles. The molecule has 0 fully saturated rings. The van der Waals surface area contributed by atoms with Crippen molar-refractivity contribution in [2.24, 2.45) is 5.41 Å². The molecular weight excluding hydrogens is 413 g/mol. The van der Waals surface area contributed by atoms with Crippen molar-refractivity contribution in [1.82, 2.24) is 9.97 Å². The van der Waals surface area contributed by atoms with Crippen LogP contribution in [-0.2, 0) is 0 Å². The Bertz CT molecular complexity index is 1220. The maximum atomic E-state index is 13.4. The van der Waals surface area contributed by atoms with Gasteiger partial charge in [0.05, 0.1) is 21.8 Å². The van der Waals surface area contributed by atoms with Crippen molar-refractivity contribution in [3.63, 3.8) is 0 Å². The first-order chi connectivity index (χ1) is 14.6. The van der Waals surface area contributed by atoms with E-state index in [-0.39, 0.29) is 5.41 Å². The number of nitriles is 1. The fourth-order valence-electron chi connectivity index (χ4n) is 3.19. The van der Waals surface area contributed by atoms with E-state index in [0.29, 0.717) is 50.7 Å². The summed E-state index contributed by atoms with van der Waals surface area (Å²) in [6, 6.07) is 8.13. The molecule has 7 heteroatoms. The van der Waals surface area contributed by atoms with E-state index in [1.54, 1.807) is 19.1 Å². The summed E-state index contributed by atoms with van der Waals surface area (Å²) in [4.78, 5) is 8.22. The van der Waals surface area contributed by atoms with E-state index in [0.717, 1.165) is 0 Å². The highest BCUT2D eigenvalue weighted by Crippen LogP contribution is 2.35. The van der Waals surface area contributed by atoms with Crippen LogP contribution in [0.2, 0.25) is 5.02 Å². The van der Waals surface area contributed by atoms with Gasteiger partial charge in [-0.25, -0.2) is 4.98 Å². The number of terminal acetylenes is 1. The van der Waals surface area contributed by atoms with Crippen LogP contribution in [0.5, 0.6) is 0 Å². The number of nitrogens with zero attached hydrogens (tertiary/aromatic N) is 3. The number of fused-ring (bicyclic) bond motifs is 1. The second-order valence-corrected chi connectivity index (χ2v) is 8.89. The molecular formula is C24H23ClFN5. The summed E-state index contributed by atoms with van der Waals surface area (Å²) in [7, 11) is 0. The first kappa shape index (κ1) is 22.3. The van der Waals surface area contributed by atoms with E-state index in [1.807, 2.05) is 6.07 Å². The number of hydrogen-bond acceptors (Lipinski definition) is 5. The van der Waals surface area contributed by atoms with E-state index >= 15 is 0 Å². The van der Waals surface area contributed by atoms with Crippen LogP contribution in [0.15, 0.2) is 30.5 Å². The third-order valence-corrected chi connectivity index (χ3v) is 5.01. The lowest BCUT2D eigenvalue weighted by atomic mass is 9.96. The van der Waals surface area contributed by atoms with Crippen LogP contribution in [-0.4, -0.2) is 16.5 Å². The summed E-state index contributed by atoms with van der Waals surface area (Å²) in [6.07, 6.45) is 7.26. The fourth-order valence-corrected chi connectivity index (χ4v) is 3.46. The van der Waals surface area contributed by atoms with Gasteiger partial charge in [0.15, 0.2) is 0 Å². The van der Waals surface area contributed by atoms with Gasteiger partial charge in [-0.15, -0.1) is 6.42 Å². The van der Waals surface area contributed by atoms with E-state index in [9.17, 15) is 9.65 Å². The van der Waals surface area contributed by atoms with Gasteiger partial charge in [-0.2, -0.15) is 9.65 Å². The van der Waals surface area contributed by atoms with Crippen LogP contribution >= 0.6 is 11.6 Å². The zero-order valence-corrected chi connectivity index (χ0v) is 18.6. The molecule has 0 bridgehead atoms. The molecule has 31 heavy (non-hydrogen) atoms. The van der Waals surface area contributed by atoms with E-state index < -0.39 is 12.0 Å². The molecule has 0 aliphatic heterocycles. The molecule has 0 unspecified atom stereocenters. The second-order valence-electron chi connectivity index (χ2n) is 8.48. The topological polar surface area (TPSA) is 73.6 Å². The fraction of sp³-hybridized carbons (Fsp3) is 0.292. The van der Waals surface area contributed by atoms with Crippen molar-refractivity contribution in [1.29, 1.82) is 5.26 Å². The Balaban J connectivity index is 2.07. The molecule has 5 nitrogen and oxygen atoms in total. The van der Waals surface area contributed by atoms with Crippen LogP contribution in [0.1, 0.15) is 43.6 Å². The molecule has 0 radical (unpaired) electrons. The Morgan fingerprint density at radius 2 is 2.03 bits per heavy atom. The molecule has 0 spiro atoms. The van der Waals surface area contributed by atoms with Gasteiger partial charge < -0.3 is 10.6 Å². The lowest BCUT2D eigenvalue weighted by molar-refractivity contribution is 0.443. The highest BCUT2D eigenvalue weighted by atomic mass is 35.5. The number of halogens is 2. The van der Waals surface area contributed by atoms with E-state index in [4.69, 9.17) is 18.0 Å². The molecule has 3 rings (SSSR count). The molecule has 0 saturated carbocycles. The smallest absolute Gasteiger partial charge is 0.213 e. The third kappa shape index (κ3) is 5.05. The number of aromatic nitrogens is 2. The summed E-state index contributed by atoms with van der Waals surface area (Å²) >= 11 is 6.52. The Labute approximate surface area is 186 Å². The average molecular weight is 436 g/mol. The third-order valence-electron chi connectivity index (χ3n) is 4.72. The van der Waals surface area contributed by atoms with Crippen molar-refractivity contribution in [3.8, 4) is 18.4 Å². The zero-order chi connectivity index (χ0) is 22.8. The normalized spacial score (nSPS) is 12.1. The molecule has 1 atom stereocenters. The summed E-state index contributed by atoms with van der Waals surface area (Å²) < 4.78 is 13.4. The van der Waals surface area contributed by atoms with Crippen LogP contribution in [0.3, 0.4) is 0 Å². The molecule has 2 N–H and O–H groups in total. The van der Waals surface area contributed by atoms with Crippen molar-refractivity contribution < 1.29 is 4.39 Å². The summed E-state index contributed by atoms with van der Waals surface area (Å²) in [5.41, 5.74) is 3.53. The van der Waals surface area contributed by atoms with Gasteiger partial charge in [0, 0.05) is 35.1 Å². The van der Waals surface area contributed by atoms with Crippen molar-refractivity contribution in [2.45, 2.75) is 33.7 Å². The predicted molar refractivity (Wildman–Crippen MR) is 124 cm³/mol. The first-order valence-corrected chi connectivity index (χ1v) is 10.1. The molecule has 3 aromatic rings. The first-order valence-electron chi connectivity index (χ1n) is 9.75. The monoisotopic (exact) mass is 435 g/mol. The second kappa shape index (κ2) is 8.79. The lowest BCUT2D eigenvalue weighted by Gasteiger charge is -2.22. The Kier molecular flexibility index (Phi) is 6.34. The van der Waals surface area contributed by atoms with Gasteiger partial charge in [-0.1, -0.05) is 38.3 Å². The SMILES string of the molecule is C#C[C@@H](Nc1cc(Cl)c2ncc(C#N)c(NCC(C)(C)C)c2c1)c1ccc(F)nc1C. The van der Waals surface area contributed by atoms with Crippen LogP contribution < -0.4 is 10.6 Å². The lowest BCUT2D eigenvalue weighted by Crippen LogP contribution is -2.19. The molecule has 1 aromatic carbocycles. The Morgan fingerprint density at radius 1 is 1.29 bits per heavy atom. The minimum atomic E-state index is -0.560. The van der Waals surface area contributed by atoms with Gasteiger partial charge in [0.1, 0.15) is 12.1 Å². The number of aryl methyl sites for hydroxylation is 1. The number of pyridine rings is 2. The number of hydrogen-bond donors (Lipinski definition) is 2. The molecule has 158 valence electrons. The number of benzene rings is 1. The minimum Gasteiger partial charge on any atom is -0.383 e. The molecule has 0 saturated heterocycles. The number of rotatable bonds is 5. The van der Waals surface area contributed by atoms with Gasteiger partial charge >= 0.3 is 0 Å². The molecule has 2 heterocycles. The average Bonchev–Trinajstić information content (AvgIpc) is 2.70. The van der Waals surface area contributed by atoms with Gasteiger partial charge in [-0.3, -0.25) is 4.98 Å². The highest BCUT2D eigenvalue weighted by molar-refractivity contribution is 6.35. The van der Waals surface area contributed by atoms with Crippen LogP contribution in [0, 0.1) is 42.0 Å².